The fraction of sp³-hybridized carbons (Fsp3) is 0.438. The normalized spacial score (nSPS) is 23.8. The second kappa shape index (κ2) is 6.09. The number of likely N-dealkylation sites (tertiary alicyclic amines) is 1. The molecule has 0 bridgehead atoms. The molecule has 1 aliphatic heterocycles. The van der Waals surface area contributed by atoms with Crippen LogP contribution in [0.3, 0.4) is 0 Å². The van der Waals surface area contributed by atoms with Crippen LogP contribution < -0.4 is 5.73 Å². The van der Waals surface area contributed by atoms with E-state index in [-0.39, 0.29) is 5.91 Å². The molecule has 20 heavy (non-hydrogen) atoms. The molecular formula is C16H22N2O2. The zero-order valence-electron chi connectivity index (χ0n) is 11.9. The first-order valence-electron chi connectivity index (χ1n) is 7.01. The van der Waals surface area contributed by atoms with Crippen molar-refractivity contribution in [3.63, 3.8) is 0 Å². The van der Waals surface area contributed by atoms with Crippen LogP contribution in [0.1, 0.15) is 31.7 Å². The van der Waals surface area contributed by atoms with E-state index in [0.717, 1.165) is 18.4 Å². The Morgan fingerprint density at radius 1 is 1.40 bits per heavy atom. The number of nitrogen functional groups attached to an aromatic ring is 1. The average Bonchev–Trinajstić information content (AvgIpc) is 2.57. The molecule has 1 saturated heterocycles. The SMILES string of the molecule is CC1(O)CCCN(C(=O)/C=C/c2cccc(N)c2)CC1. The molecule has 108 valence electrons. The number of carbonyl (C=O) groups excluding carboxylic acids is 1. The summed E-state index contributed by atoms with van der Waals surface area (Å²) in [4.78, 5) is 13.9. The van der Waals surface area contributed by atoms with Gasteiger partial charge in [-0.25, -0.2) is 0 Å². The number of hydrogen-bond acceptors (Lipinski definition) is 3. The molecule has 1 unspecified atom stereocenters. The molecule has 1 aromatic carbocycles. The molecule has 0 spiro atoms. The minimum atomic E-state index is -0.646. The molecule has 1 amide bonds. The molecule has 1 aromatic rings. The van der Waals surface area contributed by atoms with Crippen LogP contribution in [0.5, 0.6) is 0 Å². The van der Waals surface area contributed by atoms with Crippen LogP contribution in [0, 0.1) is 0 Å². The summed E-state index contributed by atoms with van der Waals surface area (Å²) in [6.45, 7) is 3.15. The summed E-state index contributed by atoms with van der Waals surface area (Å²) in [6, 6.07) is 7.42. The Morgan fingerprint density at radius 2 is 2.20 bits per heavy atom. The van der Waals surface area contributed by atoms with Gasteiger partial charge in [0.05, 0.1) is 5.60 Å². The Morgan fingerprint density at radius 3 is 2.95 bits per heavy atom. The van der Waals surface area contributed by atoms with Crippen molar-refractivity contribution in [1.29, 1.82) is 0 Å². The molecule has 3 N–H and O–H groups in total. The molecule has 1 aliphatic rings. The van der Waals surface area contributed by atoms with Gasteiger partial charge in [0, 0.05) is 24.9 Å². The maximum atomic E-state index is 12.1. The molecule has 0 aromatic heterocycles. The molecular weight excluding hydrogens is 252 g/mol. The number of carbonyl (C=O) groups is 1. The highest BCUT2D eigenvalue weighted by Gasteiger charge is 2.26. The predicted molar refractivity (Wildman–Crippen MR) is 80.9 cm³/mol. The van der Waals surface area contributed by atoms with Crippen LogP contribution in [0.2, 0.25) is 0 Å². The molecule has 0 radical (unpaired) electrons. The van der Waals surface area contributed by atoms with Gasteiger partial charge in [-0.05, 0) is 50.0 Å². The number of nitrogens with two attached hydrogens (primary N) is 1. The molecule has 0 aliphatic carbocycles. The van der Waals surface area contributed by atoms with Gasteiger partial charge >= 0.3 is 0 Å². The largest absolute Gasteiger partial charge is 0.399 e. The molecule has 1 atom stereocenters. The Kier molecular flexibility index (Phi) is 4.45. The van der Waals surface area contributed by atoms with Crippen molar-refractivity contribution in [3.8, 4) is 0 Å². The summed E-state index contributed by atoms with van der Waals surface area (Å²) in [5.41, 5.74) is 6.66. The van der Waals surface area contributed by atoms with Crippen molar-refractivity contribution >= 4 is 17.7 Å². The zero-order valence-corrected chi connectivity index (χ0v) is 11.9. The van der Waals surface area contributed by atoms with Gasteiger partial charge in [-0.15, -0.1) is 0 Å². The number of amides is 1. The van der Waals surface area contributed by atoms with Crippen LogP contribution in [0.25, 0.3) is 6.08 Å². The zero-order chi connectivity index (χ0) is 14.6. The lowest BCUT2D eigenvalue weighted by atomic mass is 9.98. The van der Waals surface area contributed by atoms with Crippen LogP contribution >= 0.6 is 0 Å². The van der Waals surface area contributed by atoms with E-state index >= 15 is 0 Å². The van der Waals surface area contributed by atoms with E-state index < -0.39 is 5.60 Å². The van der Waals surface area contributed by atoms with E-state index in [4.69, 9.17) is 5.73 Å². The van der Waals surface area contributed by atoms with E-state index in [1.807, 2.05) is 31.2 Å². The smallest absolute Gasteiger partial charge is 0.246 e. The highest BCUT2D eigenvalue weighted by molar-refractivity contribution is 5.91. The lowest BCUT2D eigenvalue weighted by Crippen LogP contribution is -2.32. The second-order valence-corrected chi connectivity index (χ2v) is 5.68. The fourth-order valence-electron chi connectivity index (χ4n) is 2.42. The van der Waals surface area contributed by atoms with Crippen molar-refractivity contribution < 1.29 is 9.90 Å². The summed E-state index contributed by atoms with van der Waals surface area (Å²) in [7, 11) is 0. The number of aliphatic hydroxyl groups is 1. The topological polar surface area (TPSA) is 66.6 Å². The van der Waals surface area contributed by atoms with E-state index in [1.165, 1.54) is 0 Å². The molecule has 1 fully saturated rings. The van der Waals surface area contributed by atoms with Gasteiger partial charge in [-0.1, -0.05) is 12.1 Å². The Bertz CT molecular complexity index is 509. The van der Waals surface area contributed by atoms with Crippen LogP contribution in [-0.4, -0.2) is 34.6 Å². The second-order valence-electron chi connectivity index (χ2n) is 5.68. The van der Waals surface area contributed by atoms with Gasteiger partial charge in [-0.2, -0.15) is 0 Å². The molecule has 0 saturated carbocycles. The first-order chi connectivity index (χ1) is 9.46. The summed E-state index contributed by atoms with van der Waals surface area (Å²) < 4.78 is 0. The van der Waals surface area contributed by atoms with Crippen molar-refractivity contribution in [1.82, 2.24) is 4.90 Å². The average molecular weight is 274 g/mol. The summed E-state index contributed by atoms with van der Waals surface area (Å²) in [6.07, 6.45) is 5.57. The third-order valence-electron chi connectivity index (χ3n) is 3.70. The van der Waals surface area contributed by atoms with Gasteiger partial charge in [-0.3, -0.25) is 4.79 Å². The first-order valence-corrected chi connectivity index (χ1v) is 7.01. The fourth-order valence-corrected chi connectivity index (χ4v) is 2.42. The minimum Gasteiger partial charge on any atom is -0.399 e. The van der Waals surface area contributed by atoms with Crippen molar-refractivity contribution in [3.05, 3.63) is 35.9 Å². The maximum Gasteiger partial charge on any atom is 0.246 e. The van der Waals surface area contributed by atoms with E-state index in [9.17, 15) is 9.90 Å². The Balaban J connectivity index is 1.98. The summed E-state index contributed by atoms with van der Waals surface area (Å²) >= 11 is 0. The van der Waals surface area contributed by atoms with Gasteiger partial charge in [0.25, 0.3) is 0 Å². The van der Waals surface area contributed by atoms with Gasteiger partial charge in [0.2, 0.25) is 5.91 Å². The predicted octanol–water partition coefficient (Wildman–Crippen LogP) is 2.05. The molecule has 1 heterocycles. The Hall–Kier alpha value is -1.81. The quantitative estimate of drug-likeness (QED) is 0.640. The minimum absolute atomic E-state index is 0.00914. The summed E-state index contributed by atoms with van der Waals surface area (Å²) in [5, 5.41) is 10.0. The lowest BCUT2D eigenvalue weighted by molar-refractivity contribution is -0.126. The maximum absolute atomic E-state index is 12.1. The molecule has 4 nitrogen and oxygen atoms in total. The van der Waals surface area contributed by atoms with Crippen LogP contribution in [0.4, 0.5) is 5.69 Å². The number of anilines is 1. The van der Waals surface area contributed by atoms with Crippen LogP contribution in [0.15, 0.2) is 30.3 Å². The van der Waals surface area contributed by atoms with Gasteiger partial charge < -0.3 is 15.7 Å². The number of hydrogen-bond donors (Lipinski definition) is 2. The monoisotopic (exact) mass is 274 g/mol. The van der Waals surface area contributed by atoms with Gasteiger partial charge in [0.15, 0.2) is 0 Å². The standard InChI is InChI=1S/C16H22N2O2/c1-16(20)8-3-10-18(11-9-16)15(19)7-6-13-4-2-5-14(17)12-13/h2,4-7,12,20H,3,8-11,17H2,1H3/b7-6+. The number of nitrogens with zero attached hydrogens (tertiary/aromatic N) is 1. The highest BCUT2D eigenvalue weighted by Crippen LogP contribution is 2.21. The number of rotatable bonds is 2. The van der Waals surface area contributed by atoms with Crippen molar-refractivity contribution in [2.45, 2.75) is 31.8 Å². The van der Waals surface area contributed by atoms with Crippen LogP contribution in [-0.2, 0) is 4.79 Å². The van der Waals surface area contributed by atoms with Crippen molar-refractivity contribution in [2.75, 3.05) is 18.8 Å². The lowest BCUT2D eigenvalue weighted by Gasteiger charge is -2.21. The Labute approximate surface area is 119 Å². The van der Waals surface area contributed by atoms with E-state index in [1.54, 1.807) is 17.1 Å². The van der Waals surface area contributed by atoms with Crippen molar-refractivity contribution in [2.24, 2.45) is 0 Å². The first kappa shape index (κ1) is 14.6. The third-order valence-corrected chi connectivity index (χ3v) is 3.70. The van der Waals surface area contributed by atoms with E-state index in [2.05, 4.69) is 0 Å². The van der Waals surface area contributed by atoms with Gasteiger partial charge in [0.1, 0.15) is 0 Å². The summed E-state index contributed by atoms with van der Waals surface area (Å²) in [5.74, 6) is -0.00914. The molecule has 2 rings (SSSR count). The third kappa shape index (κ3) is 4.10. The van der Waals surface area contributed by atoms with E-state index in [0.29, 0.717) is 25.2 Å². The molecule has 4 heteroatoms. The highest BCUT2D eigenvalue weighted by atomic mass is 16.3. The number of benzene rings is 1.